The minimum absolute atomic E-state index is 0.410. The van der Waals surface area contributed by atoms with Gasteiger partial charge in [-0.25, -0.2) is 18.9 Å². The van der Waals surface area contributed by atoms with Crippen molar-refractivity contribution in [2.45, 2.75) is 71.4 Å². The molecule has 2 atom stereocenters. The maximum Gasteiger partial charge on any atom is 0.417 e. The molecule has 1 saturated heterocycles. The molecule has 1 fully saturated rings. The molecule has 2 amide bonds. The number of halogens is 1. The second-order valence-electron chi connectivity index (χ2n) is 6.94. The largest absolute Gasteiger partial charge is 0.458 e. The minimum atomic E-state index is -1.91. The lowest BCUT2D eigenvalue weighted by Gasteiger charge is -2.28. The monoisotopic (exact) mass is 303 g/mol. The van der Waals surface area contributed by atoms with E-state index in [0.29, 0.717) is 4.90 Å². The molecule has 0 saturated carbocycles. The number of rotatable bonds is 1. The molecule has 6 nitrogen and oxygen atoms in total. The predicted molar refractivity (Wildman–Crippen MR) is 72.2 cm³/mol. The van der Waals surface area contributed by atoms with Crippen LogP contribution in [0.5, 0.6) is 0 Å². The van der Waals surface area contributed by atoms with Crippen LogP contribution in [0.1, 0.15) is 48.0 Å². The van der Waals surface area contributed by atoms with E-state index in [4.69, 9.17) is 9.47 Å². The Morgan fingerprint density at radius 2 is 1.57 bits per heavy atom. The van der Waals surface area contributed by atoms with E-state index in [1.165, 1.54) is 0 Å². The molecule has 0 aromatic carbocycles. The van der Waals surface area contributed by atoms with Gasteiger partial charge >= 0.3 is 12.1 Å². The summed E-state index contributed by atoms with van der Waals surface area (Å²) in [4.78, 5) is 36.3. The molecule has 120 valence electrons. The Bertz CT molecular complexity index is 449. The number of carbonyl (C=O) groups is 3. The maximum absolute atomic E-state index is 13.6. The van der Waals surface area contributed by atoms with Gasteiger partial charge in [0.05, 0.1) is 0 Å². The SMILES string of the molecule is CC(C)(C)OC(=O)[C@@H]1C[C@H](F)C(=O)N1C(=O)OC(C)(C)C. The topological polar surface area (TPSA) is 72.9 Å². The van der Waals surface area contributed by atoms with Gasteiger partial charge in [0.2, 0.25) is 0 Å². The Hall–Kier alpha value is -1.66. The first-order valence-electron chi connectivity index (χ1n) is 6.75. The summed E-state index contributed by atoms with van der Waals surface area (Å²) >= 11 is 0. The maximum atomic E-state index is 13.6. The fourth-order valence-corrected chi connectivity index (χ4v) is 1.81. The normalized spacial score (nSPS) is 23.2. The number of likely N-dealkylation sites (tertiary alicyclic amines) is 1. The number of nitrogens with zero attached hydrogens (tertiary/aromatic N) is 1. The van der Waals surface area contributed by atoms with E-state index in [1.54, 1.807) is 41.5 Å². The van der Waals surface area contributed by atoms with Gasteiger partial charge in [-0.1, -0.05) is 0 Å². The van der Waals surface area contributed by atoms with Crippen molar-refractivity contribution in [3.8, 4) is 0 Å². The molecule has 1 aliphatic rings. The minimum Gasteiger partial charge on any atom is -0.458 e. The summed E-state index contributed by atoms with van der Waals surface area (Å²) in [5, 5.41) is 0. The van der Waals surface area contributed by atoms with Crippen LogP contribution in [0.4, 0.5) is 9.18 Å². The third-order valence-corrected chi connectivity index (χ3v) is 2.52. The second kappa shape index (κ2) is 5.61. The third-order valence-electron chi connectivity index (χ3n) is 2.52. The molecule has 0 spiro atoms. The zero-order valence-corrected chi connectivity index (χ0v) is 13.2. The molecule has 0 unspecified atom stereocenters. The van der Waals surface area contributed by atoms with Crippen LogP contribution in [0, 0.1) is 0 Å². The first kappa shape index (κ1) is 17.4. The highest BCUT2D eigenvalue weighted by atomic mass is 19.1. The van der Waals surface area contributed by atoms with Gasteiger partial charge in [0.15, 0.2) is 6.17 Å². The number of esters is 1. The fraction of sp³-hybridized carbons (Fsp3) is 0.786. The van der Waals surface area contributed by atoms with E-state index in [9.17, 15) is 18.8 Å². The van der Waals surface area contributed by atoms with Crippen molar-refractivity contribution in [1.82, 2.24) is 4.90 Å². The van der Waals surface area contributed by atoms with Crippen LogP contribution >= 0.6 is 0 Å². The molecule has 1 heterocycles. The molecule has 1 rings (SSSR count). The van der Waals surface area contributed by atoms with Crippen molar-refractivity contribution < 1.29 is 28.2 Å². The average Bonchev–Trinajstić information content (AvgIpc) is 2.50. The summed E-state index contributed by atoms with van der Waals surface area (Å²) in [6, 6.07) is -1.29. The number of hydrogen-bond donors (Lipinski definition) is 0. The Labute approximate surface area is 123 Å². The molecule has 0 aromatic rings. The van der Waals surface area contributed by atoms with Crippen molar-refractivity contribution in [3.05, 3.63) is 0 Å². The number of amides is 2. The second-order valence-corrected chi connectivity index (χ2v) is 6.94. The number of ether oxygens (including phenoxy) is 2. The van der Waals surface area contributed by atoms with Crippen molar-refractivity contribution in [1.29, 1.82) is 0 Å². The highest BCUT2D eigenvalue weighted by Crippen LogP contribution is 2.26. The summed E-state index contributed by atoms with van der Waals surface area (Å²) < 4.78 is 23.8. The van der Waals surface area contributed by atoms with Crippen molar-refractivity contribution in [2.75, 3.05) is 0 Å². The van der Waals surface area contributed by atoms with E-state index in [1.807, 2.05) is 0 Å². The smallest absolute Gasteiger partial charge is 0.417 e. The van der Waals surface area contributed by atoms with Crippen molar-refractivity contribution >= 4 is 18.0 Å². The Morgan fingerprint density at radius 3 is 2.00 bits per heavy atom. The lowest BCUT2D eigenvalue weighted by atomic mass is 10.1. The molecule has 0 bridgehead atoms. The number of hydrogen-bond acceptors (Lipinski definition) is 5. The molecular formula is C14H22FNO5. The van der Waals surface area contributed by atoms with Gasteiger partial charge in [-0.15, -0.1) is 0 Å². The Balaban J connectivity index is 2.94. The predicted octanol–water partition coefficient (Wildman–Crippen LogP) is 2.20. The molecule has 0 radical (unpaired) electrons. The van der Waals surface area contributed by atoms with Gasteiger partial charge in [0, 0.05) is 6.42 Å². The molecule has 7 heteroatoms. The lowest BCUT2D eigenvalue weighted by molar-refractivity contribution is -0.161. The van der Waals surface area contributed by atoms with Gasteiger partial charge in [-0.05, 0) is 41.5 Å². The van der Waals surface area contributed by atoms with Gasteiger partial charge in [0.25, 0.3) is 5.91 Å². The molecule has 0 aromatic heterocycles. The van der Waals surface area contributed by atoms with E-state index >= 15 is 0 Å². The van der Waals surface area contributed by atoms with Crippen LogP contribution < -0.4 is 0 Å². The average molecular weight is 303 g/mol. The quantitative estimate of drug-likeness (QED) is 0.694. The van der Waals surface area contributed by atoms with Crippen LogP contribution in [0.25, 0.3) is 0 Å². The van der Waals surface area contributed by atoms with Gasteiger partial charge in [-0.3, -0.25) is 4.79 Å². The van der Waals surface area contributed by atoms with Crippen LogP contribution in [-0.2, 0) is 19.1 Å². The first-order chi connectivity index (χ1) is 9.32. The summed E-state index contributed by atoms with van der Waals surface area (Å²) in [6.45, 7) is 9.77. The zero-order valence-electron chi connectivity index (χ0n) is 13.2. The Kier molecular flexibility index (Phi) is 4.65. The van der Waals surface area contributed by atoms with Crippen LogP contribution in [0.2, 0.25) is 0 Å². The van der Waals surface area contributed by atoms with E-state index in [0.717, 1.165) is 0 Å². The van der Waals surface area contributed by atoms with Crippen LogP contribution in [0.3, 0.4) is 0 Å². The summed E-state index contributed by atoms with van der Waals surface area (Å²) in [7, 11) is 0. The summed E-state index contributed by atoms with van der Waals surface area (Å²) in [5.41, 5.74) is -1.65. The molecule has 0 aliphatic carbocycles. The van der Waals surface area contributed by atoms with E-state index in [-0.39, 0.29) is 0 Å². The number of alkyl halides is 1. The zero-order chi connectivity index (χ0) is 16.6. The molecule has 21 heavy (non-hydrogen) atoms. The standard InChI is InChI=1S/C14H22FNO5/c1-13(2,3)20-11(18)9-7-8(15)10(17)16(9)12(19)21-14(4,5)6/h8-9H,7H2,1-6H3/t8-,9-/m0/s1. The highest BCUT2D eigenvalue weighted by Gasteiger charge is 2.49. The molecule has 1 aliphatic heterocycles. The van der Waals surface area contributed by atoms with E-state index < -0.39 is 47.8 Å². The van der Waals surface area contributed by atoms with Gasteiger partial charge in [-0.2, -0.15) is 0 Å². The van der Waals surface area contributed by atoms with Crippen LogP contribution in [0.15, 0.2) is 0 Å². The summed E-state index contributed by atoms with van der Waals surface area (Å²) in [6.07, 6.45) is -3.36. The lowest BCUT2D eigenvalue weighted by Crippen LogP contribution is -2.47. The first-order valence-corrected chi connectivity index (χ1v) is 6.75. The van der Waals surface area contributed by atoms with Gasteiger partial charge in [0.1, 0.15) is 17.2 Å². The summed E-state index contributed by atoms with van der Waals surface area (Å²) in [5.74, 6) is -1.89. The van der Waals surface area contributed by atoms with E-state index in [2.05, 4.69) is 0 Å². The third kappa shape index (κ3) is 4.68. The van der Waals surface area contributed by atoms with Gasteiger partial charge < -0.3 is 9.47 Å². The number of imide groups is 1. The fourth-order valence-electron chi connectivity index (χ4n) is 1.81. The van der Waals surface area contributed by atoms with Crippen LogP contribution in [-0.4, -0.2) is 46.3 Å². The highest BCUT2D eigenvalue weighted by molar-refractivity contribution is 6.01. The number of carbonyl (C=O) groups excluding carboxylic acids is 3. The molecule has 0 N–H and O–H groups in total. The van der Waals surface area contributed by atoms with Crippen molar-refractivity contribution in [2.24, 2.45) is 0 Å². The molecular weight excluding hydrogens is 281 g/mol. The Morgan fingerprint density at radius 1 is 1.10 bits per heavy atom. The van der Waals surface area contributed by atoms with Crippen molar-refractivity contribution in [3.63, 3.8) is 0 Å².